The first-order valence-electron chi connectivity index (χ1n) is 9.21. The van der Waals surface area contributed by atoms with Gasteiger partial charge >= 0.3 is 0 Å². The number of ether oxygens (including phenoxy) is 1. The highest BCUT2D eigenvalue weighted by atomic mass is 16.5. The van der Waals surface area contributed by atoms with Crippen LogP contribution in [0.5, 0.6) is 0 Å². The molecule has 6 heteroatoms. The zero-order valence-electron chi connectivity index (χ0n) is 14.5. The van der Waals surface area contributed by atoms with Gasteiger partial charge in [-0.1, -0.05) is 0 Å². The second-order valence-corrected chi connectivity index (χ2v) is 8.03. The van der Waals surface area contributed by atoms with Gasteiger partial charge in [-0.25, -0.2) is 0 Å². The lowest BCUT2D eigenvalue weighted by atomic mass is 9.78. The van der Waals surface area contributed by atoms with E-state index in [1.165, 1.54) is 31.2 Å². The number of carbonyl (C=O) groups is 1. The van der Waals surface area contributed by atoms with Crippen molar-refractivity contribution in [1.29, 1.82) is 0 Å². The number of carbonyl (C=O) groups excluding carboxylic acids is 1. The Hall–Kier alpha value is -1.40. The third-order valence-electron chi connectivity index (χ3n) is 5.67. The molecule has 2 saturated heterocycles. The second-order valence-electron chi connectivity index (χ2n) is 8.03. The highest BCUT2D eigenvalue weighted by Crippen LogP contribution is 2.41. The number of hydrogen-bond donors (Lipinski definition) is 1. The van der Waals surface area contributed by atoms with Crippen LogP contribution in [0.15, 0.2) is 12.4 Å². The van der Waals surface area contributed by atoms with Crippen LogP contribution >= 0.6 is 0 Å². The second kappa shape index (κ2) is 6.48. The number of aromatic nitrogens is 2. The van der Waals surface area contributed by atoms with E-state index in [-0.39, 0.29) is 17.4 Å². The number of rotatable bonds is 5. The molecular weight excluding hydrogens is 304 g/mol. The number of amides is 1. The summed E-state index contributed by atoms with van der Waals surface area (Å²) in [5.41, 5.74) is 1.41. The molecule has 0 radical (unpaired) electrons. The van der Waals surface area contributed by atoms with E-state index in [9.17, 15) is 4.79 Å². The van der Waals surface area contributed by atoms with E-state index in [2.05, 4.69) is 21.5 Å². The molecule has 3 fully saturated rings. The fourth-order valence-corrected chi connectivity index (χ4v) is 4.18. The van der Waals surface area contributed by atoms with Gasteiger partial charge in [0.15, 0.2) is 0 Å². The van der Waals surface area contributed by atoms with E-state index >= 15 is 0 Å². The molecule has 1 amide bonds. The van der Waals surface area contributed by atoms with Gasteiger partial charge in [0.25, 0.3) is 0 Å². The van der Waals surface area contributed by atoms with Crippen molar-refractivity contribution < 1.29 is 9.53 Å². The molecule has 1 spiro atoms. The monoisotopic (exact) mass is 332 g/mol. The van der Waals surface area contributed by atoms with Crippen LogP contribution in [0.4, 0.5) is 0 Å². The number of piperidine rings is 1. The summed E-state index contributed by atoms with van der Waals surface area (Å²) in [4.78, 5) is 14.8. The molecule has 24 heavy (non-hydrogen) atoms. The maximum absolute atomic E-state index is 12.3. The molecule has 3 heterocycles. The average Bonchev–Trinajstić information content (AvgIpc) is 3.19. The fourth-order valence-electron chi connectivity index (χ4n) is 4.18. The highest BCUT2D eigenvalue weighted by molar-refractivity contribution is 5.81. The molecule has 2 unspecified atom stereocenters. The molecule has 2 aliphatic heterocycles. The molecule has 132 valence electrons. The maximum Gasteiger partial charge on any atom is 0.249 e. The van der Waals surface area contributed by atoms with Crippen molar-refractivity contribution in [2.75, 3.05) is 26.2 Å². The van der Waals surface area contributed by atoms with Gasteiger partial charge in [-0.05, 0) is 44.6 Å². The van der Waals surface area contributed by atoms with Crippen LogP contribution in [0.25, 0.3) is 0 Å². The summed E-state index contributed by atoms with van der Waals surface area (Å²) >= 11 is 0. The topological polar surface area (TPSA) is 59.4 Å². The molecule has 0 aromatic carbocycles. The number of likely N-dealkylation sites (tertiary alicyclic amines) is 1. The summed E-state index contributed by atoms with van der Waals surface area (Å²) in [6.45, 7) is 4.63. The summed E-state index contributed by atoms with van der Waals surface area (Å²) in [6.07, 6.45) is 9.52. The molecule has 3 aliphatic rings. The Morgan fingerprint density at radius 3 is 3.12 bits per heavy atom. The summed E-state index contributed by atoms with van der Waals surface area (Å²) in [5.74, 6) is 0.817. The normalized spacial score (nSPS) is 30.8. The molecule has 1 aliphatic carbocycles. The summed E-state index contributed by atoms with van der Waals surface area (Å²) in [6, 6.07) is 0. The van der Waals surface area contributed by atoms with Gasteiger partial charge in [0, 0.05) is 43.9 Å². The molecule has 6 nitrogen and oxygen atoms in total. The molecule has 1 aromatic heterocycles. The highest BCUT2D eigenvalue weighted by Gasteiger charge is 2.45. The third kappa shape index (κ3) is 3.64. The summed E-state index contributed by atoms with van der Waals surface area (Å²) in [5, 5.41) is 7.33. The molecule has 1 aromatic rings. The quantitative estimate of drug-likeness (QED) is 0.883. The van der Waals surface area contributed by atoms with Crippen LogP contribution in [0, 0.1) is 11.3 Å². The van der Waals surface area contributed by atoms with Gasteiger partial charge in [-0.15, -0.1) is 0 Å². The first-order valence-corrected chi connectivity index (χ1v) is 9.21. The third-order valence-corrected chi connectivity index (χ3v) is 5.67. The standard InChI is InChI=1S/C18H28N4O2/c1-21-10-15(9-20-21)11-22-6-2-5-18(12-22)7-16(24-13-18)17(23)19-8-14-3-4-14/h9-10,14,16H,2-8,11-13H2,1H3,(H,19,23). The van der Waals surface area contributed by atoms with Crippen molar-refractivity contribution >= 4 is 5.91 Å². The van der Waals surface area contributed by atoms with Crippen molar-refractivity contribution in [3.8, 4) is 0 Å². The first-order chi connectivity index (χ1) is 11.6. The van der Waals surface area contributed by atoms with Crippen LogP contribution in [0.2, 0.25) is 0 Å². The zero-order chi connectivity index (χ0) is 16.6. The molecular formula is C18H28N4O2. The minimum atomic E-state index is -0.248. The van der Waals surface area contributed by atoms with E-state index in [0.717, 1.165) is 39.2 Å². The van der Waals surface area contributed by atoms with Crippen LogP contribution in [0.1, 0.15) is 37.7 Å². The Kier molecular flexibility index (Phi) is 4.35. The zero-order valence-corrected chi connectivity index (χ0v) is 14.5. The predicted octanol–water partition coefficient (Wildman–Crippen LogP) is 1.32. The number of nitrogens with one attached hydrogen (secondary N) is 1. The minimum Gasteiger partial charge on any atom is -0.368 e. The largest absolute Gasteiger partial charge is 0.368 e. The van der Waals surface area contributed by atoms with Crippen molar-refractivity contribution in [3.63, 3.8) is 0 Å². The van der Waals surface area contributed by atoms with Crippen molar-refractivity contribution in [1.82, 2.24) is 20.0 Å². The summed E-state index contributed by atoms with van der Waals surface area (Å²) < 4.78 is 7.76. The Morgan fingerprint density at radius 1 is 1.50 bits per heavy atom. The van der Waals surface area contributed by atoms with Crippen molar-refractivity contribution in [2.24, 2.45) is 18.4 Å². The maximum atomic E-state index is 12.3. The SMILES string of the molecule is Cn1cc(CN2CCCC3(COC(C(=O)NCC4CC4)C3)C2)cn1. The first kappa shape index (κ1) is 16.1. The van der Waals surface area contributed by atoms with Crippen LogP contribution in [0.3, 0.4) is 0 Å². The molecule has 1 N–H and O–H groups in total. The number of hydrogen-bond acceptors (Lipinski definition) is 4. The van der Waals surface area contributed by atoms with Crippen LogP contribution in [-0.2, 0) is 23.1 Å². The van der Waals surface area contributed by atoms with E-state index in [0.29, 0.717) is 5.92 Å². The van der Waals surface area contributed by atoms with Crippen LogP contribution in [-0.4, -0.2) is 52.9 Å². The Bertz CT molecular complexity index is 598. The van der Waals surface area contributed by atoms with Crippen LogP contribution < -0.4 is 5.32 Å². The number of nitrogens with zero attached hydrogens (tertiary/aromatic N) is 3. The van der Waals surface area contributed by atoms with Gasteiger partial charge in [0.1, 0.15) is 6.10 Å². The van der Waals surface area contributed by atoms with E-state index in [1.54, 1.807) is 0 Å². The van der Waals surface area contributed by atoms with Gasteiger partial charge in [-0.2, -0.15) is 5.10 Å². The van der Waals surface area contributed by atoms with Crippen molar-refractivity contribution in [3.05, 3.63) is 18.0 Å². The van der Waals surface area contributed by atoms with Gasteiger partial charge in [-0.3, -0.25) is 14.4 Å². The molecule has 2 atom stereocenters. The minimum absolute atomic E-state index is 0.100. The van der Waals surface area contributed by atoms with Gasteiger partial charge in [0.05, 0.1) is 12.8 Å². The van der Waals surface area contributed by atoms with Gasteiger partial charge in [0.2, 0.25) is 5.91 Å². The number of aryl methyl sites for hydroxylation is 1. The van der Waals surface area contributed by atoms with Gasteiger partial charge < -0.3 is 10.1 Å². The smallest absolute Gasteiger partial charge is 0.249 e. The Balaban J connectivity index is 1.32. The predicted molar refractivity (Wildman–Crippen MR) is 90.2 cm³/mol. The molecule has 4 rings (SSSR count). The van der Waals surface area contributed by atoms with Crippen molar-refractivity contribution in [2.45, 2.75) is 44.8 Å². The lowest BCUT2D eigenvalue weighted by Gasteiger charge is -2.39. The summed E-state index contributed by atoms with van der Waals surface area (Å²) in [7, 11) is 1.96. The fraction of sp³-hybridized carbons (Fsp3) is 0.778. The lowest BCUT2D eigenvalue weighted by Crippen LogP contribution is -2.44. The molecule has 0 bridgehead atoms. The molecule has 1 saturated carbocycles. The van der Waals surface area contributed by atoms with E-state index in [4.69, 9.17) is 4.74 Å². The lowest BCUT2D eigenvalue weighted by molar-refractivity contribution is -0.130. The van der Waals surface area contributed by atoms with E-state index in [1.807, 2.05) is 17.9 Å². The average molecular weight is 332 g/mol. The Labute approximate surface area is 143 Å². The Morgan fingerprint density at radius 2 is 2.38 bits per heavy atom. The van der Waals surface area contributed by atoms with E-state index < -0.39 is 0 Å².